The molecule has 0 aliphatic carbocycles. The molecule has 0 heterocycles. The molecule has 124 valence electrons. The summed E-state index contributed by atoms with van der Waals surface area (Å²) in [6.45, 7) is 2.16. The Balaban J connectivity index is 0.00000288. The summed E-state index contributed by atoms with van der Waals surface area (Å²) in [5.74, 6) is 0.670. The molecule has 0 fully saturated rings. The maximum atomic E-state index is 11.3. The second kappa shape index (κ2) is 10.7. The van der Waals surface area contributed by atoms with Crippen molar-refractivity contribution >= 4 is 10.1 Å². The average molecular weight is 373 g/mol. The smallest absolute Gasteiger partial charge is 0.744 e. The van der Waals surface area contributed by atoms with Gasteiger partial charge in [-0.05, 0) is 36.6 Å². The first-order valence-electron chi connectivity index (χ1n) is 7.83. The Morgan fingerprint density at radius 1 is 0.917 bits per heavy atom. The van der Waals surface area contributed by atoms with Crippen LogP contribution in [-0.2, 0) is 16.5 Å². The van der Waals surface area contributed by atoms with E-state index < -0.39 is 10.1 Å². The maximum Gasteiger partial charge on any atom is 1.00 e. The van der Waals surface area contributed by atoms with Crippen LogP contribution in [0.2, 0.25) is 0 Å². The molecule has 0 aromatic heterocycles. The van der Waals surface area contributed by atoms with Gasteiger partial charge < -0.3 is 9.29 Å². The summed E-state index contributed by atoms with van der Waals surface area (Å²) in [6, 6.07) is 13.4. The van der Waals surface area contributed by atoms with Crippen LogP contribution in [0.1, 0.15) is 38.2 Å². The first-order valence-corrected chi connectivity index (χ1v) is 9.24. The number of rotatable bonds is 8. The number of ether oxygens (including phenoxy) is 1. The summed E-state index contributed by atoms with van der Waals surface area (Å²) in [5, 5.41) is 0. The van der Waals surface area contributed by atoms with Crippen LogP contribution < -0.4 is 56.1 Å². The second-order valence-electron chi connectivity index (χ2n) is 5.42. The molecule has 4 nitrogen and oxygen atoms in total. The average Bonchev–Trinajstić information content (AvgIpc) is 2.52. The molecule has 0 radical (unpaired) electrons. The minimum atomic E-state index is -4.57. The Kier molecular flexibility index (Phi) is 9.74. The third-order valence-electron chi connectivity index (χ3n) is 3.61. The fourth-order valence-corrected chi connectivity index (χ4v) is 3.01. The Morgan fingerprint density at radius 3 is 2.21 bits per heavy atom. The number of hydrogen-bond acceptors (Lipinski definition) is 4. The summed E-state index contributed by atoms with van der Waals surface area (Å²) >= 11 is 0. The zero-order valence-corrected chi connectivity index (χ0v) is 18.1. The van der Waals surface area contributed by atoms with E-state index in [9.17, 15) is 13.0 Å². The van der Waals surface area contributed by atoms with Gasteiger partial charge in [-0.25, -0.2) is 8.42 Å². The molecule has 0 unspecified atom stereocenters. The van der Waals surface area contributed by atoms with Gasteiger partial charge in [0.05, 0.1) is 4.90 Å². The molecule has 6 heteroatoms. The van der Waals surface area contributed by atoms with Gasteiger partial charge in [-0.3, -0.25) is 0 Å². The van der Waals surface area contributed by atoms with Gasteiger partial charge in [0.1, 0.15) is 21.6 Å². The first kappa shape index (κ1) is 21.8. The van der Waals surface area contributed by atoms with Crippen LogP contribution in [0.15, 0.2) is 53.4 Å². The van der Waals surface area contributed by atoms with Gasteiger partial charge >= 0.3 is 51.4 Å². The normalized spacial score (nSPS) is 10.9. The summed E-state index contributed by atoms with van der Waals surface area (Å²) in [6.07, 6.45) is 5.43. The van der Waals surface area contributed by atoms with Gasteiger partial charge in [0.25, 0.3) is 0 Å². The van der Waals surface area contributed by atoms with E-state index in [1.807, 2.05) is 18.2 Å². The van der Waals surface area contributed by atoms with Crippen LogP contribution >= 0.6 is 0 Å². The van der Waals surface area contributed by atoms with Crippen LogP contribution in [0.3, 0.4) is 0 Å². The monoisotopic (exact) mass is 372 g/mol. The summed E-state index contributed by atoms with van der Waals surface area (Å²) in [7, 11) is -4.57. The Bertz CT molecular complexity index is 744. The van der Waals surface area contributed by atoms with Crippen molar-refractivity contribution in [2.24, 2.45) is 0 Å². The quantitative estimate of drug-likeness (QED) is 0.400. The summed E-state index contributed by atoms with van der Waals surface area (Å²) < 4.78 is 39.8. The second-order valence-corrected chi connectivity index (χ2v) is 6.77. The fraction of sp³-hybridized carbons (Fsp3) is 0.333. The van der Waals surface area contributed by atoms with Crippen molar-refractivity contribution in [2.45, 2.75) is 43.9 Å². The minimum absolute atomic E-state index is 0. The Labute approximate surface area is 186 Å². The van der Waals surface area contributed by atoms with Gasteiger partial charge in [-0.1, -0.05) is 56.5 Å². The minimum Gasteiger partial charge on any atom is -0.744 e. The van der Waals surface area contributed by atoms with Crippen molar-refractivity contribution in [1.29, 1.82) is 0 Å². The zero-order chi connectivity index (χ0) is 16.7. The molecular weight excluding hydrogens is 351 g/mol. The molecule has 0 N–H and O–H groups in total. The predicted molar refractivity (Wildman–Crippen MR) is 88.8 cm³/mol. The molecule has 0 amide bonds. The van der Waals surface area contributed by atoms with Gasteiger partial charge in [-0.15, -0.1) is 0 Å². The van der Waals surface area contributed by atoms with Gasteiger partial charge in [0.15, 0.2) is 0 Å². The molecule has 24 heavy (non-hydrogen) atoms. The third-order valence-corrected chi connectivity index (χ3v) is 4.49. The third kappa shape index (κ3) is 6.59. The van der Waals surface area contributed by atoms with E-state index in [0.29, 0.717) is 5.75 Å². The van der Waals surface area contributed by atoms with E-state index in [-0.39, 0.29) is 62.0 Å². The summed E-state index contributed by atoms with van der Waals surface area (Å²) in [4.78, 5) is -0.333. The van der Waals surface area contributed by atoms with Crippen LogP contribution in [0, 0.1) is 0 Å². The SMILES string of the molecule is CCCCCCc1ccccc1Oc1ccccc1S(=O)(=O)[O-].[K+]. The molecule has 2 rings (SSSR count). The van der Waals surface area contributed by atoms with E-state index in [2.05, 4.69) is 6.92 Å². The van der Waals surface area contributed by atoms with E-state index in [1.54, 1.807) is 12.1 Å². The van der Waals surface area contributed by atoms with Crippen molar-refractivity contribution in [1.82, 2.24) is 0 Å². The fourth-order valence-electron chi connectivity index (χ4n) is 2.41. The maximum absolute atomic E-state index is 11.3. The first-order chi connectivity index (χ1) is 11.0. The van der Waals surface area contributed by atoms with E-state index >= 15 is 0 Å². The van der Waals surface area contributed by atoms with Crippen molar-refractivity contribution in [2.75, 3.05) is 0 Å². The van der Waals surface area contributed by atoms with Crippen molar-refractivity contribution < 1.29 is 69.1 Å². The molecule has 0 saturated heterocycles. The number of aryl methyl sites for hydroxylation is 1. The molecular formula is C18H21KO4S. The largest absolute Gasteiger partial charge is 1.00 e. The van der Waals surface area contributed by atoms with E-state index in [1.165, 1.54) is 31.0 Å². The molecule has 0 atom stereocenters. The predicted octanol–water partition coefficient (Wildman–Crippen LogP) is 1.51. The molecule has 0 bridgehead atoms. The van der Waals surface area contributed by atoms with Crippen molar-refractivity contribution in [3.63, 3.8) is 0 Å². The van der Waals surface area contributed by atoms with Gasteiger partial charge in [-0.2, -0.15) is 0 Å². The standard InChI is InChI=1S/C18H22O4S.K/c1-2-3-4-5-10-15-11-6-7-12-16(15)22-17-13-8-9-14-18(17)23(19,20)21;/h6-9,11-14H,2-5,10H2,1H3,(H,19,20,21);/q;+1/p-1. The van der Waals surface area contributed by atoms with Crippen LogP contribution in [0.4, 0.5) is 0 Å². The molecule has 2 aromatic carbocycles. The molecule has 0 spiro atoms. The number of hydrogen-bond donors (Lipinski definition) is 0. The molecule has 0 aliphatic heterocycles. The number of para-hydroxylation sites is 2. The van der Waals surface area contributed by atoms with E-state index in [4.69, 9.17) is 4.74 Å². The van der Waals surface area contributed by atoms with Crippen molar-refractivity contribution in [3.05, 3.63) is 54.1 Å². The van der Waals surface area contributed by atoms with Gasteiger partial charge in [0.2, 0.25) is 0 Å². The van der Waals surface area contributed by atoms with Crippen molar-refractivity contribution in [3.8, 4) is 11.5 Å². The number of unbranched alkanes of at least 4 members (excludes halogenated alkanes) is 3. The van der Waals surface area contributed by atoms with Crippen LogP contribution in [0.25, 0.3) is 0 Å². The topological polar surface area (TPSA) is 66.4 Å². The van der Waals surface area contributed by atoms with Crippen LogP contribution in [0.5, 0.6) is 11.5 Å². The summed E-state index contributed by atoms with van der Waals surface area (Å²) in [5.41, 5.74) is 1.02. The van der Waals surface area contributed by atoms with Crippen LogP contribution in [-0.4, -0.2) is 13.0 Å². The zero-order valence-electron chi connectivity index (χ0n) is 14.2. The Hall–Kier alpha value is -0.214. The Morgan fingerprint density at radius 2 is 1.54 bits per heavy atom. The molecule has 0 saturated carbocycles. The molecule has 0 aliphatic rings. The number of benzene rings is 2. The van der Waals surface area contributed by atoms with E-state index in [0.717, 1.165) is 24.8 Å². The molecule has 2 aromatic rings. The van der Waals surface area contributed by atoms with Gasteiger partial charge in [0, 0.05) is 0 Å².